The van der Waals surface area contributed by atoms with Gasteiger partial charge in [-0.1, -0.05) is 49.4 Å². The molecule has 1 aliphatic carbocycles. The van der Waals surface area contributed by atoms with E-state index in [0.717, 1.165) is 17.7 Å². The van der Waals surface area contributed by atoms with Crippen molar-refractivity contribution < 1.29 is 19.1 Å². The van der Waals surface area contributed by atoms with Crippen LogP contribution in [0.25, 0.3) is 0 Å². The molecule has 3 atom stereocenters. The Morgan fingerprint density at radius 3 is 2.58 bits per heavy atom. The van der Waals surface area contributed by atoms with Gasteiger partial charge in [0.2, 0.25) is 11.8 Å². The van der Waals surface area contributed by atoms with Crippen molar-refractivity contribution in [3.8, 4) is 5.75 Å². The van der Waals surface area contributed by atoms with Crippen LogP contribution in [0.3, 0.4) is 0 Å². The van der Waals surface area contributed by atoms with Gasteiger partial charge in [0.05, 0.1) is 13.7 Å². The lowest BCUT2D eigenvalue weighted by Gasteiger charge is -2.37. The van der Waals surface area contributed by atoms with Gasteiger partial charge >= 0.3 is 0 Å². The second-order valence-corrected chi connectivity index (χ2v) is 9.79. The fourth-order valence-electron chi connectivity index (χ4n) is 4.81. The molecule has 200 valence electrons. The number of rotatable bonds is 9. The van der Waals surface area contributed by atoms with E-state index in [1.807, 2.05) is 61.5 Å². The van der Waals surface area contributed by atoms with E-state index in [1.54, 1.807) is 37.3 Å². The van der Waals surface area contributed by atoms with E-state index in [9.17, 15) is 14.4 Å². The summed E-state index contributed by atoms with van der Waals surface area (Å²) in [5.74, 6) is 0.219. The highest BCUT2D eigenvalue weighted by atomic mass is 16.5. The Morgan fingerprint density at radius 2 is 1.89 bits per heavy atom. The third kappa shape index (κ3) is 6.76. The van der Waals surface area contributed by atoms with E-state index in [4.69, 9.17) is 4.74 Å². The summed E-state index contributed by atoms with van der Waals surface area (Å²) in [5, 5.41) is 6.37. The minimum atomic E-state index is -0.741. The molecule has 38 heavy (non-hydrogen) atoms. The summed E-state index contributed by atoms with van der Waals surface area (Å²) >= 11 is 0. The standard InChI is InChI=1S/C30H36N4O4/c1-21-9-10-23(18-28(21)35)27-19-31-15-16-34(27)20-29(36)32-26(17-22-7-5-4-6-8-22)30(37)33(2)24-11-13-25(38-3)14-12-24/h4-14,18,21,26-27,31H,15-17,19-20H2,1-3H3,(H,32,36). The van der Waals surface area contributed by atoms with E-state index < -0.39 is 6.04 Å². The molecule has 4 rings (SSSR count). The summed E-state index contributed by atoms with van der Waals surface area (Å²) in [4.78, 5) is 42.9. The first-order chi connectivity index (χ1) is 18.4. The van der Waals surface area contributed by atoms with Gasteiger partial charge in [-0.3, -0.25) is 19.3 Å². The second-order valence-electron chi connectivity index (χ2n) is 9.79. The highest BCUT2D eigenvalue weighted by Crippen LogP contribution is 2.21. The Bertz CT molecular complexity index is 1190. The van der Waals surface area contributed by atoms with Gasteiger partial charge in [0.15, 0.2) is 5.78 Å². The number of methoxy groups -OCH3 is 1. The number of likely N-dealkylation sites (N-methyl/N-ethyl adjacent to an activating group) is 1. The zero-order valence-electron chi connectivity index (χ0n) is 22.2. The van der Waals surface area contributed by atoms with Crippen molar-refractivity contribution in [1.29, 1.82) is 0 Å². The fourth-order valence-corrected chi connectivity index (χ4v) is 4.81. The lowest BCUT2D eigenvalue weighted by Crippen LogP contribution is -2.57. The molecule has 0 spiro atoms. The number of allylic oxidation sites excluding steroid dienone is 2. The van der Waals surface area contributed by atoms with E-state index in [-0.39, 0.29) is 36.1 Å². The molecular formula is C30H36N4O4. The molecule has 2 amide bonds. The molecule has 8 nitrogen and oxygen atoms in total. The number of carbonyl (C=O) groups is 3. The van der Waals surface area contributed by atoms with Gasteiger partial charge in [-0.15, -0.1) is 0 Å². The Kier molecular flexibility index (Phi) is 9.10. The number of nitrogens with zero attached hydrogens (tertiary/aromatic N) is 2. The molecule has 0 radical (unpaired) electrons. The molecule has 0 aromatic heterocycles. The smallest absolute Gasteiger partial charge is 0.249 e. The molecule has 0 bridgehead atoms. The molecule has 2 aromatic rings. The maximum Gasteiger partial charge on any atom is 0.249 e. The van der Waals surface area contributed by atoms with E-state index in [1.165, 1.54) is 0 Å². The molecule has 2 aromatic carbocycles. The van der Waals surface area contributed by atoms with Crippen LogP contribution in [0.2, 0.25) is 0 Å². The Balaban J connectivity index is 1.49. The molecular weight excluding hydrogens is 480 g/mol. The van der Waals surface area contributed by atoms with Crippen molar-refractivity contribution in [1.82, 2.24) is 15.5 Å². The van der Waals surface area contributed by atoms with Crippen molar-refractivity contribution in [2.75, 3.05) is 45.2 Å². The Labute approximate surface area is 224 Å². The topological polar surface area (TPSA) is 91.0 Å². The maximum atomic E-state index is 13.6. The predicted molar refractivity (Wildman–Crippen MR) is 148 cm³/mol. The van der Waals surface area contributed by atoms with Crippen molar-refractivity contribution >= 4 is 23.3 Å². The number of nitrogens with one attached hydrogen (secondary N) is 2. The molecule has 1 saturated heterocycles. The van der Waals surface area contributed by atoms with Crippen LogP contribution in [0, 0.1) is 5.92 Å². The van der Waals surface area contributed by atoms with Crippen molar-refractivity contribution in [3.63, 3.8) is 0 Å². The number of piperazine rings is 1. The van der Waals surface area contributed by atoms with Gasteiger partial charge in [-0.05, 0) is 41.5 Å². The first kappa shape index (κ1) is 27.3. The Hall–Kier alpha value is -3.75. The van der Waals surface area contributed by atoms with Gasteiger partial charge < -0.3 is 20.3 Å². The number of hydrogen-bond acceptors (Lipinski definition) is 6. The molecule has 2 aliphatic rings. The molecule has 1 aliphatic heterocycles. The van der Waals surface area contributed by atoms with Crippen LogP contribution in [-0.4, -0.2) is 74.9 Å². The van der Waals surface area contributed by atoms with Crippen molar-refractivity contribution in [2.45, 2.75) is 25.4 Å². The van der Waals surface area contributed by atoms with Crippen LogP contribution < -0.4 is 20.3 Å². The second kappa shape index (κ2) is 12.7. The number of ether oxygens (including phenoxy) is 1. The summed E-state index contributed by atoms with van der Waals surface area (Å²) in [5.41, 5.74) is 2.57. The SMILES string of the molecule is COc1ccc(N(C)C(=O)C(Cc2ccccc2)NC(=O)CN2CCNCC2C2=CC(=O)C(C)C=C2)cc1. The molecule has 2 N–H and O–H groups in total. The minimum absolute atomic E-state index is 0.0764. The molecule has 0 saturated carbocycles. The number of amides is 2. The molecule has 1 heterocycles. The number of ketones is 1. The molecule has 8 heteroatoms. The third-order valence-corrected chi connectivity index (χ3v) is 7.13. The monoisotopic (exact) mass is 516 g/mol. The normalized spacial score (nSPS) is 20.4. The van der Waals surface area contributed by atoms with Crippen LogP contribution in [0.1, 0.15) is 12.5 Å². The van der Waals surface area contributed by atoms with E-state index >= 15 is 0 Å². The molecule has 3 unspecified atom stereocenters. The molecule has 1 fully saturated rings. The quantitative estimate of drug-likeness (QED) is 0.532. The summed E-state index contributed by atoms with van der Waals surface area (Å²) in [7, 11) is 3.30. The fraction of sp³-hybridized carbons (Fsp3) is 0.367. The van der Waals surface area contributed by atoms with Gasteiger partial charge in [-0.2, -0.15) is 0 Å². The predicted octanol–water partition coefficient (Wildman–Crippen LogP) is 2.36. The average Bonchev–Trinajstić information content (AvgIpc) is 2.94. The first-order valence-corrected chi connectivity index (χ1v) is 13.0. The number of benzene rings is 2. The van der Waals surface area contributed by atoms with Gasteiger partial charge in [0, 0.05) is 50.7 Å². The Morgan fingerprint density at radius 1 is 1.16 bits per heavy atom. The largest absolute Gasteiger partial charge is 0.497 e. The zero-order chi connectivity index (χ0) is 27.1. The zero-order valence-corrected chi connectivity index (χ0v) is 22.2. The van der Waals surface area contributed by atoms with E-state index in [2.05, 4.69) is 15.5 Å². The van der Waals surface area contributed by atoms with Gasteiger partial charge in [-0.25, -0.2) is 0 Å². The minimum Gasteiger partial charge on any atom is -0.497 e. The average molecular weight is 517 g/mol. The summed E-state index contributed by atoms with van der Waals surface area (Å²) in [6.07, 6.45) is 5.96. The van der Waals surface area contributed by atoms with Crippen molar-refractivity contribution in [2.24, 2.45) is 5.92 Å². The van der Waals surface area contributed by atoms with Crippen molar-refractivity contribution in [3.05, 3.63) is 84.0 Å². The number of anilines is 1. The summed E-state index contributed by atoms with van der Waals surface area (Å²) < 4.78 is 5.23. The van der Waals surface area contributed by atoms with Crippen LogP contribution in [0.4, 0.5) is 5.69 Å². The third-order valence-electron chi connectivity index (χ3n) is 7.13. The van der Waals surface area contributed by atoms with Crippen LogP contribution >= 0.6 is 0 Å². The lowest BCUT2D eigenvalue weighted by molar-refractivity contribution is -0.128. The van der Waals surface area contributed by atoms with Gasteiger partial charge in [0.25, 0.3) is 0 Å². The highest BCUT2D eigenvalue weighted by molar-refractivity contribution is 5.99. The maximum absolute atomic E-state index is 13.6. The number of carbonyl (C=O) groups excluding carboxylic acids is 3. The number of hydrogen-bond donors (Lipinski definition) is 2. The summed E-state index contributed by atoms with van der Waals surface area (Å²) in [6, 6.07) is 16.1. The van der Waals surface area contributed by atoms with Gasteiger partial charge in [0.1, 0.15) is 11.8 Å². The van der Waals surface area contributed by atoms with Crippen LogP contribution in [-0.2, 0) is 20.8 Å². The van der Waals surface area contributed by atoms with Crippen LogP contribution in [0.5, 0.6) is 5.75 Å². The highest BCUT2D eigenvalue weighted by Gasteiger charge is 2.31. The summed E-state index contributed by atoms with van der Waals surface area (Å²) in [6.45, 7) is 4.07. The first-order valence-electron chi connectivity index (χ1n) is 13.0. The van der Waals surface area contributed by atoms with E-state index in [0.29, 0.717) is 30.9 Å². The van der Waals surface area contributed by atoms with Crippen LogP contribution in [0.15, 0.2) is 78.4 Å². The lowest BCUT2D eigenvalue weighted by atomic mass is 9.92.